The molecular formula is C30H32FN7O2. The first kappa shape index (κ1) is 26.1. The summed E-state index contributed by atoms with van der Waals surface area (Å²) in [4.78, 5) is 26.6. The summed E-state index contributed by atoms with van der Waals surface area (Å²) in [6, 6.07) is 15.6. The van der Waals surface area contributed by atoms with Crippen molar-refractivity contribution in [2.75, 3.05) is 26.2 Å². The first-order chi connectivity index (χ1) is 19.6. The second-order valence-corrected chi connectivity index (χ2v) is 10.2. The van der Waals surface area contributed by atoms with E-state index in [9.17, 15) is 9.18 Å². The van der Waals surface area contributed by atoms with Crippen LogP contribution in [-0.4, -0.2) is 56.6 Å². The summed E-state index contributed by atoms with van der Waals surface area (Å²) in [5.74, 6) is -0.00135. The zero-order valence-electron chi connectivity index (χ0n) is 22.2. The number of carbonyl (C=O) groups excluding carboxylic acids is 1. The van der Waals surface area contributed by atoms with Crippen molar-refractivity contribution >= 4 is 5.91 Å². The van der Waals surface area contributed by atoms with Crippen molar-refractivity contribution in [3.63, 3.8) is 0 Å². The van der Waals surface area contributed by atoms with Gasteiger partial charge in [-0.05, 0) is 87.3 Å². The predicted octanol–water partition coefficient (Wildman–Crippen LogP) is 4.99. The predicted molar refractivity (Wildman–Crippen MR) is 149 cm³/mol. The third kappa shape index (κ3) is 5.88. The average molecular weight is 542 g/mol. The highest BCUT2D eigenvalue weighted by Gasteiger charge is 2.24. The number of carbonyl (C=O) groups is 1. The van der Waals surface area contributed by atoms with E-state index in [-0.39, 0.29) is 23.8 Å². The lowest BCUT2D eigenvalue weighted by Crippen LogP contribution is -2.45. The maximum Gasteiger partial charge on any atom is 0.322 e. The number of amides is 1. The zero-order chi connectivity index (χ0) is 27.3. The summed E-state index contributed by atoms with van der Waals surface area (Å²) in [5.41, 5.74) is 6.50. The molecule has 6 rings (SSSR count). The van der Waals surface area contributed by atoms with Crippen molar-refractivity contribution in [3.05, 3.63) is 78.5 Å². The Balaban J connectivity index is 1.28. The highest BCUT2D eigenvalue weighted by molar-refractivity contribution is 5.94. The number of ether oxygens (including phenoxy) is 1. The number of piperidine rings is 2. The van der Waals surface area contributed by atoms with Gasteiger partial charge >= 0.3 is 6.01 Å². The maximum atomic E-state index is 13.7. The van der Waals surface area contributed by atoms with E-state index in [0.29, 0.717) is 17.0 Å². The van der Waals surface area contributed by atoms with Gasteiger partial charge in [0, 0.05) is 36.5 Å². The summed E-state index contributed by atoms with van der Waals surface area (Å²) >= 11 is 0. The first-order valence-electron chi connectivity index (χ1n) is 13.8. The molecule has 0 bridgehead atoms. The third-order valence-electron chi connectivity index (χ3n) is 7.41. The molecule has 2 aromatic carbocycles. The van der Waals surface area contributed by atoms with E-state index < -0.39 is 0 Å². The van der Waals surface area contributed by atoms with E-state index >= 15 is 0 Å². The molecule has 4 heterocycles. The Kier molecular flexibility index (Phi) is 7.78. The van der Waals surface area contributed by atoms with Gasteiger partial charge in [0.05, 0.1) is 23.4 Å². The van der Waals surface area contributed by atoms with Crippen LogP contribution in [0.5, 0.6) is 11.8 Å². The fraction of sp³-hybridized carbons (Fsp3) is 0.333. The molecule has 10 heteroatoms. The molecule has 0 aliphatic carbocycles. The zero-order valence-corrected chi connectivity index (χ0v) is 22.2. The molecule has 0 saturated carbocycles. The Morgan fingerprint density at radius 2 is 1.80 bits per heavy atom. The number of nitrogens with one attached hydrogen (secondary N) is 2. The number of nitrogens with zero attached hydrogens (tertiary/aromatic N) is 5. The Bertz CT molecular complexity index is 1460. The second-order valence-electron chi connectivity index (χ2n) is 10.2. The largest absolute Gasteiger partial charge is 0.424 e. The summed E-state index contributed by atoms with van der Waals surface area (Å²) < 4.78 is 21.9. The van der Waals surface area contributed by atoms with Crippen LogP contribution in [0, 0.1) is 5.82 Å². The number of imidazole rings is 1. The molecule has 0 spiro atoms. The van der Waals surface area contributed by atoms with Gasteiger partial charge in [0.1, 0.15) is 11.6 Å². The van der Waals surface area contributed by atoms with Crippen molar-refractivity contribution in [3.8, 4) is 34.4 Å². The molecule has 0 atom stereocenters. The number of hydrogen-bond donors (Lipinski definition) is 2. The van der Waals surface area contributed by atoms with Crippen LogP contribution in [0.2, 0.25) is 0 Å². The Labute approximate surface area is 232 Å². The van der Waals surface area contributed by atoms with Crippen molar-refractivity contribution in [2.45, 2.75) is 38.1 Å². The quantitative estimate of drug-likeness (QED) is 0.340. The SMILES string of the molecule is O=C(NN1CCCCC1)c1cccc(Oc2nccc(-c3c(-c4ccc(F)cc4)ncn3C3CCNCC3)n2)c1. The lowest BCUT2D eigenvalue weighted by Gasteiger charge is -2.26. The van der Waals surface area contributed by atoms with Gasteiger partial charge < -0.3 is 14.6 Å². The first-order valence-corrected chi connectivity index (χ1v) is 13.8. The molecule has 2 aromatic heterocycles. The Hall–Kier alpha value is -4.15. The van der Waals surface area contributed by atoms with E-state index in [2.05, 4.69) is 20.3 Å². The molecule has 9 nitrogen and oxygen atoms in total. The van der Waals surface area contributed by atoms with Crippen molar-refractivity contribution < 1.29 is 13.9 Å². The van der Waals surface area contributed by atoms with Gasteiger partial charge in [0.15, 0.2) is 0 Å². The average Bonchev–Trinajstić information content (AvgIpc) is 3.44. The van der Waals surface area contributed by atoms with Gasteiger partial charge in [0.2, 0.25) is 0 Å². The fourth-order valence-corrected chi connectivity index (χ4v) is 5.34. The van der Waals surface area contributed by atoms with Crippen LogP contribution in [-0.2, 0) is 0 Å². The van der Waals surface area contributed by atoms with Gasteiger partial charge in [-0.25, -0.2) is 19.4 Å². The fourth-order valence-electron chi connectivity index (χ4n) is 5.34. The summed E-state index contributed by atoms with van der Waals surface area (Å²) in [5, 5.41) is 5.38. The van der Waals surface area contributed by atoms with Crippen molar-refractivity contribution in [1.82, 2.24) is 35.3 Å². The lowest BCUT2D eigenvalue weighted by molar-refractivity contribution is 0.0749. The van der Waals surface area contributed by atoms with Gasteiger partial charge in [-0.15, -0.1) is 0 Å². The van der Waals surface area contributed by atoms with Gasteiger partial charge in [-0.2, -0.15) is 4.98 Å². The smallest absolute Gasteiger partial charge is 0.322 e. The summed E-state index contributed by atoms with van der Waals surface area (Å²) in [6.45, 7) is 3.56. The van der Waals surface area contributed by atoms with Crippen LogP contribution in [0.4, 0.5) is 4.39 Å². The molecule has 1 amide bonds. The molecule has 40 heavy (non-hydrogen) atoms. The molecule has 206 valence electrons. The minimum absolute atomic E-state index is 0.161. The third-order valence-corrected chi connectivity index (χ3v) is 7.41. The highest BCUT2D eigenvalue weighted by atomic mass is 19.1. The number of halogens is 1. The molecule has 2 saturated heterocycles. The maximum absolute atomic E-state index is 13.7. The lowest BCUT2D eigenvalue weighted by atomic mass is 10.0. The van der Waals surface area contributed by atoms with Crippen LogP contribution >= 0.6 is 0 Å². The molecular weight excluding hydrogens is 509 g/mol. The Morgan fingerprint density at radius 3 is 2.60 bits per heavy atom. The minimum atomic E-state index is -0.298. The van der Waals surface area contributed by atoms with E-state index in [1.165, 1.54) is 18.6 Å². The summed E-state index contributed by atoms with van der Waals surface area (Å²) in [6.07, 6.45) is 8.78. The van der Waals surface area contributed by atoms with Crippen LogP contribution in [0.15, 0.2) is 67.1 Å². The van der Waals surface area contributed by atoms with Gasteiger partial charge in [0.25, 0.3) is 5.91 Å². The molecule has 2 fully saturated rings. The number of aromatic nitrogens is 4. The minimum Gasteiger partial charge on any atom is -0.424 e. The van der Waals surface area contributed by atoms with Crippen LogP contribution in [0.25, 0.3) is 22.6 Å². The van der Waals surface area contributed by atoms with E-state index in [0.717, 1.165) is 68.8 Å². The standard InChI is InChI=1S/C30H32FN7O2/c31-23-9-7-21(8-10-23)27-28(38(20-34-27)24-11-14-32-15-12-24)26-13-16-33-30(35-26)40-25-6-4-5-22(19-25)29(39)36-37-17-2-1-3-18-37/h4-10,13,16,19-20,24,32H,1-3,11-12,14-15,17-18H2,(H,36,39). The monoisotopic (exact) mass is 541 g/mol. The van der Waals surface area contributed by atoms with Gasteiger partial charge in [-0.1, -0.05) is 12.5 Å². The van der Waals surface area contributed by atoms with Crippen LogP contribution in [0.1, 0.15) is 48.5 Å². The van der Waals surface area contributed by atoms with Crippen LogP contribution in [0.3, 0.4) is 0 Å². The number of hydrazine groups is 1. The normalized spacial score (nSPS) is 16.5. The van der Waals surface area contributed by atoms with E-state index in [4.69, 9.17) is 14.7 Å². The molecule has 2 N–H and O–H groups in total. The van der Waals surface area contributed by atoms with E-state index in [1.54, 1.807) is 42.6 Å². The van der Waals surface area contributed by atoms with Crippen LogP contribution < -0.4 is 15.5 Å². The number of benzene rings is 2. The summed E-state index contributed by atoms with van der Waals surface area (Å²) in [7, 11) is 0. The number of rotatable bonds is 7. The van der Waals surface area contributed by atoms with Crippen molar-refractivity contribution in [1.29, 1.82) is 0 Å². The number of hydrogen-bond acceptors (Lipinski definition) is 7. The van der Waals surface area contributed by atoms with Gasteiger partial charge in [-0.3, -0.25) is 10.2 Å². The van der Waals surface area contributed by atoms with E-state index in [1.807, 2.05) is 17.4 Å². The van der Waals surface area contributed by atoms with Crippen molar-refractivity contribution in [2.24, 2.45) is 0 Å². The molecule has 4 aromatic rings. The topological polar surface area (TPSA) is 97.2 Å². The molecule has 2 aliphatic rings. The molecule has 0 unspecified atom stereocenters. The second kappa shape index (κ2) is 11.9. The Morgan fingerprint density at radius 1 is 1.00 bits per heavy atom. The molecule has 0 radical (unpaired) electrons. The molecule has 2 aliphatic heterocycles. The highest BCUT2D eigenvalue weighted by Crippen LogP contribution is 2.35.